The lowest BCUT2D eigenvalue weighted by Gasteiger charge is -2.34. The normalized spacial score (nSPS) is 15.9. The average Bonchev–Trinajstić information content (AvgIpc) is 3.44. The summed E-state index contributed by atoms with van der Waals surface area (Å²) in [5, 5.41) is 5.24. The summed E-state index contributed by atoms with van der Waals surface area (Å²) in [6, 6.07) is 12.4. The Morgan fingerprint density at radius 1 is 0.971 bits per heavy atom. The molecule has 6 rings (SSSR count). The van der Waals surface area contributed by atoms with Gasteiger partial charge in [-0.1, -0.05) is 12.1 Å². The van der Waals surface area contributed by atoms with Crippen LogP contribution in [0.15, 0.2) is 42.5 Å². The number of fused-ring (bicyclic) bond motifs is 2. The van der Waals surface area contributed by atoms with Crippen LogP contribution in [0.3, 0.4) is 0 Å². The third-order valence-electron chi connectivity index (χ3n) is 6.35. The topological polar surface area (TPSA) is 94.6 Å². The second kappa shape index (κ2) is 8.14. The minimum absolute atomic E-state index is 0.209. The molecule has 1 fully saturated rings. The van der Waals surface area contributed by atoms with Gasteiger partial charge in [-0.15, -0.1) is 0 Å². The van der Waals surface area contributed by atoms with Gasteiger partial charge in [0.15, 0.2) is 17.1 Å². The molecule has 0 saturated carbocycles. The summed E-state index contributed by atoms with van der Waals surface area (Å²) in [6.45, 7) is 4.24. The zero-order valence-corrected chi connectivity index (χ0v) is 18.7. The van der Waals surface area contributed by atoms with Crippen LogP contribution in [0, 0.1) is 5.82 Å². The molecule has 2 aromatic heterocycles. The van der Waals surface area contributed by atoms with E-state index in [1.54, 1.807) is 11.7 Å². The van der Waals surface area contributed by atoms with Crippen molar-refractivity contribution in [2.45, 2.75) is 6.54 Å². The molecule has 174 valence electrons. The smallest absolute Gasteiger partial charge is 0.231 e. The molecule has 0 radical (unpaired) electrons. The van der Waals surface area contributed by atoms with E-state index >= 15 is 0 Å². The third kappa shape index (κ3) is 3.65. The molecule has 2 aliphatic rings. The number of piperazine rings is 1. The maximum atomic E-state index is 13.2. The molecule has 0 aliphatic carbocycles. The highest BCUT2D eigenvalue weighted by Gasteiger charge is 2.24. The number of nitrogen functional groups attached to an aromatic ring is 1. The van der Waals surface area contributed by atoms with Crippen LogP contribution in [-0.2, 0) is 13.6 Å². The van der Waals surface area contributed by atoms with E-state index in [4.69, 9.17) is 25.2 Å². The van der Waals surface area contributed by atoms with Crippen LogP contribution in [0.1, 0.15) is 5.56 Å². The number of aromatic nitrogens is 4. The van der Waals surface area contributed by atoms with Crippen molar-refractivity contribution >= 4 is 22.8 Å². The van der Waals surface area contributed by atoms with Gasteiger partial charge in [0.05, 0.1) is 11.1 Å². The van der Waals surface area contributed by atoms with E-state index in [9.17, 15) is 4.39 Å². The van der Waals surface area contributed by atoms with E-state index < -0.39 is 0 Å². The fraction of sp³-hybridized carbons (Fsp3) is 0.292. The Morgan fingerprint density at radius 3 is 2.53 bits per heavy atom. The van der Waals surface area contributed by atoms with Crippen LogP contribution < -0.4 is 20.1 Å². The molecule has 4 heterocycles. The number of nitrogens with zero attached hydrogens (tertiary/aromatic N) is 6. The minimum Gasteiger partial charge on any atom is -0.454 e. The number of hydrogen-bond acceptors (Lipinski definition) is 8. The van der Waals surface area contributed by atoms with E-state index in [0.29, 0.717) is 28.9 Å². The van der Waals surface area contributed by atoms with Gasteiger partial charge in [-0.2, -0.15) is 10.1 Å². The van der Waals surface area contributed by atoms with Gasteiger partial charge in [-0.3, -0.25) is 9.58 Å². The van der Waals surface area contributed by atoms with Crippen LogP contribution in [0.2, 0.25) is 0 Å². The monoisotopic (exact) mass is 461 g/mol. The highest BCUT2D eigenvalue weighted by atomic mass is 19.1. The molecule has 0 spiro atoms. The fourth-order valence-corrected chi connectivity index (χ4v) is 4.45. The van der Waals surface area contributed by atoms with Gasteiger partial charge in [-0.25, -0.2) is 9.37 Å². The molecule has 2 aromatic carbocycles. The number of ether oxygens (including phenoxy) is 2. The third-order valence-corrected chi connectivity index (χ3v) is 6.35. The maximum Gasteiger partial charge on any atom is 0.231 e. The molecule has 4 aromatic rings. The van der Waals surface area contributed by atoms with Gasteiger partial charge >= 0.3 is 0 Å². The predicted molar refractivity (Wildman–Crippen MR) is 126 cm³/mol. The molecular formula is C24H24FN7O2. The molecule has 2 aliphatic heterocycles. The van der Waals surface area contributed by atoms with Crippen LogP contribution in [0.25, 0.3) is 22.3 Å². The second-order valence-electron chi connectivity index (χ2n) is 8.54. The van der Waals surface area contributed by atoms with E-state index in [0.717, 1.165) is 54.9 Å². The SMILES string of the molecule is Cn1nc2nc(N3CCN(Cc4ccc(F)cc4)CC3)nc(-c3ccc4c(c3)OCO4)c2c1N. The zero-order valence-electron chi connectivity index (χ0n) is 18.7. The van der Waals surface area contributed by atoms with Crippen molar-refractivity contribution in [3.8, 4) is 22.8 Å². The van der Waals surface area contributed by atoms with Crippen molar-refractivity contribution < 1.29 is 13.9 Å². The first-order valence-corrected chi connectivity index (χ1v) is 11.2. The van der Waals surface area contributed by atoms with E-state index in [2.05, 4.69) is 14.9 Å². The predicted octanol–water partition coefficient (Wildman–Crippen LogP) is 2.80. The summed E-state index contributed by atoms with van der Waals surface area (Å²) in [6.07, 6.45) is 0. The number of hydrogen-bond donors (Lipinski definition) is 1. The summed E-state index contributed by atoms with van der Waals surface area (Å²) < 4.78 is 25.8. The lowest BCUT2D eigenvalue weighted by Crippen LogP contribution is -2.46. The van der Waals surface area contributed by atoms with Crippen LogP contribution in [0.5, 0.6) is 11.5 Å². The minimum atomic E-state index is -0.213. The summed E-state index contributed by atoms with van der Waals surface area (Å²) >= 11 is 0. The zero-order chi connectivity index (χ0) is 23.2. The van der Waals surface area contributed by atoms with Crippen LogP contribution in [0.4, 0.5) is 16.2 Å². The number of aryl methyl sites for hydroxylation is 1. The molecule has 0 unspecified atom stereocenters. The highest BCUT2D eigenvalue weighted by Crippen LogP contribution is 2.38. The van der Waals surface area contributed by atoms with Crippen LogP contribution >= 0.6 is 0 Å². The second-order valence-corrected chi connectivity index (χ2v) is 8.54. The van der Waals surface area contributed by atoms with Crippen molar-refractivity contribution in [3.05, 3.63) is 53.8 Å². The van der Waals surface area contributed by atoms with Gasteiger partial charge in [0.2, 0.25) is 12.7 Å². The molecular weight excluding hydrogens is 437 g/mol. The Labute approximate surface area is 195 Å². The number of rotatable bonds is 4. The Morgan fingerprint density at radius 2 is 1.74 bits per heavy atom. The fourth-order valence-electron chi connectivity index (χ4n) is 4.45. The summed E-state index contributed by atoms with van der Waals surface area (Å²) in [4.78, 5) is 14.2. The molecule has 0 amide bonds. The molecule has 10 heteroatoms. The Bertz CT molecular complexity index is 1360. The van der Waals surface area contributed by atoms with E-state index in [1.807, 2.05) is 30.3 Å². The standard InChI is InChI=1S/C24H24FN7O2/c1-30-22(26)20-21(16-4-7-18-19(12-16)34-14-33-18)27-24(28-23(20)29-30)32-10-8-31(9-11-32)13-15-2-5-17(25)6-3-15/h2-7,12H,8-11,13-14,26H2,1H3. The van der Waals surface area contributed by atoms with Gasteiger partial charge in [0.25, 0.3) is 0 Å². The first-order chi connectivity index (χ1) is 16.5. The first kappa shape index (κ1) is 20.7. The molecule has 1 saturated heterocycles. The number of halogens is 1. The van der Waals surface area contributed by atoms with Crippen molar-refractivity contribution in [2.75, 3.05) is 43.6 Å². The van der Waals surface area contributed by atoms with Crippen LogP contribution in [-0.4, -0.2) is 57.6 Å². The largest absolute Gasteiger partial charge is 0.454 e. The average molecular weight is 462 g/mol. The van der Waals surface area contributed by atoms with Crippen molar-refractivity contribution in [3.63, 3.8) is 0 Å². The van der Waals surface area contributed by atoms with Crippen molar-refractivity contribution in [1.82, 2.24) is 24.6 Å². The molecule has 2 N–H and O–H groups in total. The molecule has 0 atom stereocenters. The van der Waals surface area contributed by atoms with Gasteiger partial charge < -0.3 is 20.1 Å². The van der Waals surface area contributed by atoms with Crippen molar-refractivity contribution in [1.29, 1.82) is 0 Å². The Balaban J connectivity index is 1.29. The van der Waals surface area contributed by atoms with E-state index in [-0.39, 0.29) is 12.6 Å². The Kier molecular flexibility index (Phi) is 4.95. The molecule has 0 bridgehead atoms. The number of anilines is 2. The van der Waals surface area contributed by atoms with Gasteiger partial charge in [0, 0.05) is 45.3 Å². The lowest BCUT2D eigenvalue weighted by atomic mass is 10.1. The number of benzene rings is 2. The van der Waals surface area contributed by atoms with Gasteiger partial charge in [0.1, 0.15) is 11.6 Å². The molecule has 34 heavy (non-hydrogen) atoms. The van der Waals surface area contributed by atoms with Gasteiger partial charge in [-0.05, 0) is 35.9 Å². The van der Waals surface area contributed by atoms with E-state index in [1.165, 1.54) is 12.1 Å². The van der Waals surface area contributed by atoms with Crippen molar-refractivity contribution in [2.24, 2.45) is 7.05 Å². The number of nitrogens with two attached hydrogens (primary N) is 1. The maximum absolute atomic E-state index is 13.2. The Hall–Kier alpha value is -3.92. The summed E-state index contributed by atoms with van der Waals surface area (Å²) in [7, 11) is 1.80. The summed E-state index contributed by atoms with van der Waals surface area (Å²) in [5.74, 6) is 2.32. The highest BCUT2D eigenvalue weighted by molar-refractivity contribution is 5.99. The summed E-state index contributed by atoms with van der Waals surface area (Å²) in [5.41, 5.74) is 9.59. The quantitative estimate of drug-likeness (QED) is 0.496. The lowest BCUT2D eigenvalue weighted by molar-refractivity contribution is 0.174. The molecule has 9 nitrogen and oxygen atoms in total. The first-order valence-electron chi connectivity index (χ1n) is 11.2.